The Hall–Kier alpha value is -1.57. The second kappa shape index (κ2) is 6.46. The number of likely N-dealkylation sites (N-methyl/N-ethyl adjacent to an activating group) is 1. The molecule has 2 rings (SSSR count). The summed E-state index contributed by atoms with van der Waals surface area (Å²) in [5.41, 5.74) is -0.652. The molecule has 0 radical (unpaired) electrons. The van der Waals surface area contributed by atoms with Gasteiger partial charge in [-0.3, -0.25) is 9.59 Å². The number of nitrogens with zero attached hydrogens (tertiary/aromatic N) is 2. The summed E-state index contributed by atoms with van der Waals surface area (Å²) >= 11 is 0. The van der Waals surface area contributed by atoms with Gasteiger partial charge in [0.1, 0.15) is 11.6 Å². The van der Waals surface area contributed by atoms with Gasteiger partial charge in [-0.2, -0.15) is 5.26 Å². The van der Waals surface area contributed by atoms with Crippen molar-refractivity contribution in [1.82, 2.24) is 10.2 Å². The number of nitriles is 1. The molecule has 0 aromatic rings. The largest absolute Gasteiger partial charge is 0.344 e. The van der Waals surface area contributed by atoms with Crippen molar-refractivity contribution in [2.75, 3.05) is 7.05 Å². The molecule has 0 aromatic heterocycles. The summed E-state index contributed by atoms with van der Waals surface area (Å²) in [5.74, 6) is -0.128. The van der Waals surface area contributed by atoms with Crippen molar-refractivity contribution < 1.29 is 9.59 Å². The van der Waals surface area contributed by atoms with Crippen LogP contribution in [-0.2, 0) is 9.59 Å². The van der Waals surface area contributed by atoms with E-state index in [0.29, 0.717) is 0 Å². The molecule has 2 fully saturated rings. The molecule has 0 saturated heterocycles. The van der Waals surface area contributed by atoms with E-state index in [1.165, 1.54) is 11.3 Å². The molecule has 1 N–H and O–H groups in total. The number of carbonyl (C=O) groups excluding carboxylic acids is 2. The van der Waals surface area contributed by atoms with Crippen molar-refractivity contribution >= 4 is 11.8 Å². The lowest BCUT2D eigenvalue weighted by Gasteiger charge is -2.43. The molecule has 0 aliphatic heterocycles. The summed E-state index contributed by atoms with van der Waals surface area (Å²) < 4.78 is 0. The lowest BCUT2D eigenvalue weighted by Crippen LogP contribution is -2.58. The highest BCUT2D eigenvalue weighted by atomic mass is 16.2. The quantitative estimate of drug-likeness (QED) is 0.860. The molecule has 0 spiro atoms. The third-order valence-electron chi connectivity index (χ3n) is 5.07. The van der Waals surface area contributed by atoms with Gasteiger partial charge in [-0.05, 0) is 39.0 Å². The Balaban J connectivity index is 1.90. The number of hydrogen-bond acceptors (Lipinski definition) is 3. The van der Waals surface area contributed by atoms with Crippen molar-refractivity contribution in [1.29, 1.82) is 5.26 Å². The summed E-state index contributed by atoms with van der Waals surface area (Å²) in [6.45, 7) is 1.71. The molecule has 1 atom stereocenters. The predicted octanol–water partition coefficient (Wildman–Crippen LogP) is 1.98. The zero-order valence-electron chi connectivity index (χ0n) is 13.0. The molecule has 0 aromatic carbocycles. The van der Waals surface area contributed by atoms with Gasteiger partial charge in [-0.1, -0.05) is 19.3 Å². The molecular weight excluding hydrogens is 266 g/mol. The van der Waals surface area contributed by atoms with Crippen LogP contribution in [0.2, 0.25) is 0 Å². The van der Waals surface area contributed by atoms with E-state index in [4.69, 9.17) is 0 Å². The first-order chi connectivity index (χ1) is 10.00. The van der Waals surface area contributed by atoms with Crippen molar-refractivity contribution in [3.63, 3.8) is 0 Å². The molecule has 0 bridgehead atoms. The van der Waals surface area contributed by atoms with Crippen LogP contribution in [-0.4, -0.2) is 35.3 Å². The molecule has 5 heteroatoms. The Morgan fingerprint density at radius 2 is 1.86 bits per heavy atom. The van der Waals surface area contributed by atoms with E-state index in [1.54, 1.807) is 14.0 Å². The van der Waals surface area contributed by atoms with Crippen LogP contribution in [0.15, 0.2) is 0 Å². The lowest BCUT2D eigenvalue weighted by atomic mass is 9.76. The molecule has 2 aliphatic carbocycles. The van der Waals surface area contributed by atoms with Crippen molar-refractivity contribution in [2.24, 2.45) is 5.92 Å². The highest BCUT2D eigenvalue weighted by Gasteiger charge is 2.44. The van der Waals surface area contributed by atoms with Crippen LogP contribution in [0.3, 0.4) is 0 Å². The zero-order chi connectivity index (χ0) is 15.5. The smallest absolute Gasteiger partial charge is 0.245 e. The molecule has 2 amide bonds. The van der Waals surface area contributed by atoms with Gasteiger partial charge in [0, 0.05) is 13.0 Å². The first-order valence-corrected chi connectivity index (χ1v) is 7.99. The Morgan fingerprint density at radius 3 is 2.33 bits per heavy atom. The standard InChI is InChI=1S/C16H25N3O2/c1-12(18-14(20)13-7-4-3-5-8-13)15(21)19(2)16(11-17)9-6-10-16/h12-13H,3-10H2,1-2H3,(H,18,20). The van der Waals surface area contributed by atoms with Crippen LogP contribution in [0.1, 0.15) is 58.3 Å². The zero-order valence-corrected chi connectivity index (χ0v) is 13.0. The Labute approximate surface area is 126 Å². The average molecular weight is 291 g/mol. The van der Waals surface area contributed by atoms with Gasteiger partial charge < -0.3 is 10.2 Å². The van der Waals surface area contributed by atoms with Gasteiger partial charge >= 0.3 is 0 Å². The summed E-state index contributed by atoms with van der Waals surface area (Å²) in [4.78, 5) is 26.1. The minimum atomic E-state index is -0.652. The van der Waals surface area contributed by atoms with Crippen molar-refractivity contribution in [3.05, 3.63) is 0 Å². The molecule has 1 unspecified atom stereocenters. The number of rotatable bonds is 4. The van der Waals surface area contributed by atoms with E-state index in [2.05, 4.69) is 11.4 Å². The highest BCUT2D eigenvalue weighted by molar-refractivity contribution is 5.88. The maximum Gasteiger partial charge on any atom is 0.245 e. The molecule has 21 heavy (non-hydrogen) atoms. The molecule has 5 nitrogen and oxygen atoms in total. The summed E-state index contributed by atoms with van der Waals surface area (Å²) in [6.07, 6.45) is 7.68. The van der Waals surface area contributed by atoms with Crippen molar-refractivity contribution in [3.8, 4) is 6.07 Å². The summed E-state index contributed by atoms with van der Waals surface area (Å²) in [6, 6.07) is 1.70. The Morgan fingerprint density at radius 1 is 1.24 bits per heavy atom. The van der Waals surface area contributed by atoms with E-state index in [0.717, 1.165) is 44.9 Å². The number of nitrogens with one attached hydrogen (secondary N) is 1. The summed E-state index contributed by atoms with van der Waals surface area (Å²) in [5, 5.41) is 12.1. The van der Waals surface area contributed by atoms with Crippen molar-refractivity contribution in [2.45, 2.75) is 69.9 Å². The minimum Gasteiger partial charge on any atom is -0.344 e. The van der Waals surface area contributed by atoms with Gasteiger partial charge in [0.05, 0.1) is 6.07 Å². The van der Waals surface area contributed by atoms with Crippen LogP contribution < -0.4 is 5.32 Å². The monoisotopic (exact) mass is 291 g/mol. The maximum absolute atomic E-state index is 12.4. The van der Waals surface area contributed by atoms with Crippen LogP contribution in [0.5, 0.6) is 0 Å². The molecule has 0 heterocycles. The van der Waals surface area contributed by atoms with Crippen LogP contribution in [0, 0.1) is 17.2 Å². The molecule has 2 saturated carbocycles. The minimum absolute atomic E-state index is 0.0106. The molecule has 116 valence electrons. The van der Waals surface area contributed by atoms with Gasteiger partial charge in [-0.15, -0.1) is 0 Å². The number of carbonyl (C=O) groups is 2. The third kappa shape index (κ3) is 3.20. The second-order valence-corrected chi connectivity index (χ2v) is 6.46. The van der Waals surface area contributed by atoms with E-state index in [-0.39, 0.29) is 17.7 Å². The average Bonchev–Trinajstić information content (AvgIpc) is 2.46. The van der Waals surface area contributed by atoms with E-state index < -0.39 is 11.6 Å². The normalized spacial score (nSPS) is 22.5. The number of amides is 2. The first-order valence-electron chi connectivity index (χ1n) is 7.99. The molecule has 2 aliphatic rings. The fraction of sp³-hybridized carbons (Fsp3) is 0.812. The summed E-state index contributed by atoms with van der Waals surface area (Å²) in [7, 11) is 1.67. The first kappa shape index (κ1) is 15.8. The lowest BCUT2D eigenvalue weighted by molar-refractivity contribution is -0.141. The second-order valence-electron chi connectivity index (χ2n) is 6.46. The molecular formula is C16H25N3O2. The van der Waals surface area contributed by atoms with Gasteiger partial charge in [0.15, 0.2) is 0 Å². The Bertz CT molecular complexity index is 445. The van der Waals surface area contributed by atoms with Crippen LogP contribution in [0.4, 0.5) is 0 Å². The van der Waals surface area contributed by atoms with Gasteiger partial charge in [0.2, 0.25) is 11.8 Å². The fourth-order valence-electron chi connectivity index (χ4n) is 3.29. The van der Waals surface area contributed by atoms with Gasteiger partial charge in [0.25, 0.3) is 0 Å². The highest BCUT2D eigenvalue weighted by Crippen LogP contribution is 2.36. The topological polar surface area (TPSA) is 73.2 Å². The fourth-order valence-corrected chi connectivity index (χ4v) is 3.29. The number of hydrogen-bond donors (Lipinski definition) is 1. The van der Waals surface area contributed by atoms with Crippen LogP contribution >= 0.6 is 0 Å². The Kier molecular flexibility index (Phi) is 4.87. The van der Waals surface area contributed by atoms with E-state index >= 15 is 0 Å². The third-order valence-corrected chi connectivity index (χ3v) is 5.07. The maximum atomic E-state index is 12.4. The van der Waals surface area contributed by atoms with Crippen LogP contribution in [0.25, 0.3) is 0 Å². The SMILES string of the molecule is CC(NC(=O)C1CCCCC1)C(=O)N(C)C1(C#N)CCC1. The van der Waals surface area contributed by atoms with E-state index in [1.807, 2.05) is 0 Å². The van der Waals surface area contributed by atoms with Gasteiger partial charge in [-0.25, -0.2) is 0 Å². The predicted molar refractivity (Wildman–Crippen MR) is 79.1 cm³/mol. The van der Waals surface area contributed by atoms with E-state index in [9.17, 15) is 14.9 Å².